The van der Waals surface area contributed by atoms with Crippen LogP contribution in [0.3, 0.4) is 0 Å². The Labute approximate surface area is 146 Å². The SMILES string of the molecule is OCc1cn(-c2ncc(OCc3c(Cl)cc(F)cc3Cl)cn2)cn1. The fourth-order valence-corrected chi connectivity index (χ4v) is 2.51. The first-order chi connectivity index (χ1) is 11.6. The molecule has 0 spiro atoms. The van der Waals surface area contributed by atoms with E-state index >= 15 is 0 Å². The van der Waals surface area contributed by atoms with Crippen LogP contribution in [0.15, 0.2) is 37.1 Å². The highest BCUT2D eigenvalue weighted by atomic mass is 35.5. The lowest BCUT2D eigenvalue weighted by Gasteiger charge is -2.09. The monoisotopic (exact) mass is 368 g/mol. The van der Waals surface area contributed by atoms with Crippen molar-refractivity contribution in [1.82, 2.24) is 19.5 Å². The van der Waals surface area contributed by atoms with Gasteiger partial charge in [-0.2, -0.15) is 0 Å². The molecule has 9 heteroatoms. The number of aromatic nitrogens is 4. The summed E-state index contributed by atoms with van der Waals surface area (Å²) < 4.78 is 20.3. The van der Waals surface area contributed by atoms with E-state index in [4.69, 9.17) is 33.0 Å². The molecule has 0 bridgehead atoms. The quantitative estimate of drug-likeness (QED) is 0.748. The Morgan fingerprint density at radius 1 is 1.12 bits per heavy atom. The highest BCUT2D eigenvalue weighted by molar-refractivity contribution is 6.35. The Morgan fingerprint density at radius 2 is 1.79 bits per heavy atom. The van der Waals surface area contributed by atoms with E-state index in [9.17, 15) is 4.39 Å². The summed E-state index contributed by atoms with van der Waals surface area (Å²) in [5, 5.41) is 9.38. The van der Waals surface area contributed by atoms with E-state index in [1.807, 2.05) is 0 Å². The molecule has 2 aromatic heterocycles. The first kappa shape index (κ1) is 16.6. The molecule has 3 aromatic rings. The number of hydrogen-bond donors (Lipinski definition) is 1. The number of halogens is 3. The summed E-state index contributed by atoms with van der Waals surface area (Å²) >= 11 is 11.9. The van der Waals surface area contributed by atoms with Crippen LogP contribution in [-0.4, -0.2) is 24.6 Å². The highest BCUT2D eigenvalue weighted by Gasteiger charge is 2.10. The lowest BCUT2D eigenvalue weighted by molar-refractivity contribution is 0.277. The van der Waals surface area contributed by atoms with E-state index in [0.717, 1.165) is 0 Å². The second-order valence-electron chi connectivity index (χ2n) is 4.79. The molecule has 3 rings (SSSR count). The zero-order chi connectivity index (χ0) is 17.1. The largest absolute Gasteiger partial charge is 0.486 e. The molecule has 0 aliphatic carbocycles. The van der Waals surface area contributed by atoms with Crippen molar-refractivity contribution >= 4 is 23.2 Å². The average molecular weight is 369 g/mol. The van der Waals surface area contributed by atoms with E-state index in [1.165, 1.54) is 30.9 Å². The summed E-state index contributed by atoms with van der Waals surface area (Å²) in [5.41, 5.74) is 0.991. The summed E-state index contributed by atoms with van der Waals surface area (Å²) in [5.74, 6) is 0.272. The Morgan fingerprint density at radius 3 is 2.38 bits per heavy atom. The van der Waals surface area contributed by atoms with Gasteiger partial charge in [0.15, 0.2) is 5.75 Å². The van der Waals surface area contributed by atoms with Gasteiger partial charge in [0.25, 0.3) is 0 Å². The Hall–Kier alpha value is -2.22. The summed E-state index contributed by atoms with van der Waals surface area (Å²) in [6, 6.07) is 2.34. The zero-order valence-electron chi connectivity index (χ0n) is 12.2. The van der Waals surface area contributed by atoms with E-state index in [1.54, 1.807) is 10.8 Å². The van der Waals surface area contributed by atoms with Crippen molar-refractivity contribution in [1.29, 1.82) is 0 Å². The maximum atomic E-state index is 13.2. The number of hydrogen-bond acceptors (Lipinski definition) is 5. The molecule has 0 atom stereocenters. The van der Waals surface area contributed by atoms with Crippen molar-refractivity contribution in [2.45, 2.75) is 13.2 Å². The van der Waals surface area contributed by atoms with Crippen LogP contribution in [0.5, 0.6) is 5.75 Å². The third-order valence-electron chi connectivity index (χ3n) is 3.13. The minimum atomic E-state index is -0.510. The van der Waals surface area contributed by atoms with E-state index in [-0.39, 0.29) is 23.3 Å². The van der Waals surface area contributed by atoms with Crippen LogP contribution < -0.4 is 4.74 Å². The van der Waals surface area contributed by atoms with Crippen molar-refractivity contribution in [2.75, 3.05) is 0 Å². The summed E-state index contributed by atoms with van der Waals surface area (Å²) in [6.45, 7) is -0.103. The molecule has 0 saturated carbocycles. The molecule has 1 N–H and O–H groups in total. The van der Waals surface area contributed by atoms with E-state index in [2.05, 4.69) is 15.0 Å². The summed E-state index contributed by atoms with van der Waals surface area (Å²) in [4.78, 5) is 12.3. The molecule has 24 heavy (non-hydrogen) atoms. The van der Waals surface area contributed by atoms with Crippen LogP contribution in [0.1, 0.15) is 11.3 Å². The number of benzene rings is 1. The predicted molar refractivity (Wildman–Crippen MR) is 85.8 cm³/mol. The standard InChI is InChI=1S/C15H11Cl2FN4O2/c16-13-1-9(18)2-14(17)12(13)7-24-11-3-19-15(20-4-11)22-5-10(6-23)21-8-22/h1-5,8,23H,6-7H2. The highest BCUT2D eigenvalue weighted by Crippen LogP contribution is 2.27. The van der Waals surface area contributed by atoms with Crippen molar-refractivity contribution < 1.29 is 14.2 Å². The maximum Gasteiger partial charge on any atom is 0.235 e. The number of rotatable bonds is 5. The van der Waals surface area contributed by atoms with Crippen LogP contribution >= 0.6 is 23.2 Å². The average Bonchev–Trinajstić information content (AvgIpc) is 3.03. The predicted octanol–water partition coefficient (Wildman–Crippen LogP) is 3.18. The fourth-order valence-electron chi connectivity index (χ4n) is 1.94. The lowest BCUT2D eigenvalue weighted by Crippen LogP contribution is -2.02. The Kier molecular flexibility index (Phi) is 4.94. The Balaban J connectivity index is 1.71. The van der Waals surface area contributed by atoms with Gasteiger partial charge >= 0.3 is 0 Å². The van der Waals surface area contributed by atoms with Gasteiger partial charge in [-0.1, -0.05) is 23.2 Å². The van der Waals surface area contributed by atoms with E-state index < -0.39 is 5.82 Å². The Bertz CT molecular complexity index is 832. The van der Waals surface area contributed by atoms with Gasteiger partial charge in [-0.15, -0.1) is 0 Å². The van der Waals surface area contributed by atoms with Crippen LogP contribution in [0.2, 0.25) is 10.0 Å². The van der Waals surface area contributed by atoms with E-state index in [0.29, 0.717) is 23.0 Å². The molecule has 0 aliphatic heterocycles. The second kappa shape index (κ2) is 7.12. The molecule has 1 aromatic carbocycles. The van der Waals surface area contributed by atoms with Crippen LogP contribution in [0.4, 0.5) is 4.39 Å². The van der Waals surface area contributed by atoms with Crippen molar-refractivity contribution in [3.8, 4) is 11.7 Å². The van der Waals surface area contributed by atoms with Crippen LogP contribution in [-0.2, 0) is 13.2 Å². The van der Waals surface area contributed by atoms with Gasteiger partial charge in [0, 0.05) is 11.8 Å². The number of aliphatic hydroxyl groups is 1. The first-order valence-electron chi connectivity index (χ1n) is 6.79. The molecular weight excluding hydrogens is 358 g/mol. The summed E-state index contributed by atoms with van der Waals surface area (Å²) in [7, 11) is 0. The molecule has 6 nitrogen and oxygen atoms in total. The van der Waals surface area contributed by atoms with Crippen molar-refractivity contribution in [3.63, 3.8) is 0 Å². The molecule has 0 unspecified atom stereocenters. The van der Waals surface area contributed by atoms with Gasteiger partial charge in [0.2, 0.25) is 5.95 Å². The number of aliphatic hydroxyl groups excluding tert-OH is 1. The maximum absolute atomic E-state index is 13.2. The second-order valence-corrected chi connectivity index (χ2v) is 5.60. The van der Waals surface area contributed by atoms with Gasteiger partial charge in [0.05, 0.1) is 34.7 Å². The van der Waals surface area contributed by atoms with Gasteiger partial charge in [-0.05, 0) is 12.1 Å². The molecule has 0 amide bonds. The number of nitrogens with zero attached hydrogens (tertiary/aromatic N) is 4. The molecule has 0 saturated heterocycles. The van der Waals surface area contributed by atoms with Crippen LogP contribution in [0.25, 0.3) is 5.95 Å². The topological polar surface area (TPSA) is 73.1 Å². The molecule has 0 radical (unpaired) electrons. The summed E-state index contributed by atoms with van der Waals surface area (Å²) in [6.07, 6.45) is 6.08. The lowest BCUT2D eigenvalue weighted by atomic mass is 10.2. The van der Waals surface area contributed by atoms with Gasteiger partial charge in [0.1, 0.15) is 18.8 Å². The van der Waals surface area contributed by atoms with Crippen molar-refractivity contribution in [3.05, 3.63) is 64.2 Å². The molecular formula is C15H11Cl2FN4O2. The fraction of sp³-hybridized carbons (Fsp3) is 0.133. The smallest absolute Gasteiger partial charge is 0.235 e. The molecule has 0 aliphatic rings. The van der Waals surface area contributed by atoms with Gasteiger partial charge in [-0.3, -0.25) is 4.57 Å². The third kappa shape index (κ3) is 3.64. The van der Waals surface area contributed by atoms with Crippen molar-refractivity contribution in [2.24, 2.45) is 0 Å². The normalized spacial score (nSPS) is 10.8. The molecule has 2 heterocycles. The van der Waals surface area contributed by atoms with Gasteiger partial charge < -0.3 is 9.84 Å². The molecule has 124 valence electrons. The third-order valence-corrected chi connectivity index (χ3v) is 3.81. The zero-order valence-corrected chi connectivity index (χ0v) is 13.7. The minimum absolute atomic E-state index is 0.0559. The first-order valence-corrected chi connectivity index (χ1v) is 7.55. The van der Waals surface area contributed by atoms with Gasteiger partial charge in [-0.25, -0.2) is 19.3 Å². The molecule has 0 fully saturated rings. The number of imidazole rings is 1. The minimum Gasteiger partial charge on any atom is -0.486 e. The van der Waals surface area contributed by atoms with Crippen LogP contribution in [0, 0.1) is 5.82 Å². The number of ether oxygens (including phenoxy) is 1.